The number of piperidine rings is 1. The third-order valence-corrected chi connectivity index (χ3v) is 5.18. The minimum Gasteiger partial charge on any atom is -0.357 e. The summed E-state index contributed by atoms with van der Waals surface area (Å²) in [5, 5.41) is 0.761. The van der Waals surface area contributed by atoms with Crippen LogP contribution in [0.15, 0.2) is 53.5 Å². The number of aryl methyl sites for hydroxylation is 1. The van der Waals surface area contributed by atoms with E-state index in [0.717, 1.165) is 54.8 Å². The van der Waals surface area contributed by atoms with Crippen LogP contribution in [-0.4, -0.2) is 28.0 Å². The Labute approximate surface area is 147 Å². The number of likely N-dealkylation sites (tertiary alicyclic amines) is 1. The lowest BCUT2D eigenvalue weighted by Gasteiger charge is -2.32. The fourth-order valence-electron chi connectivity index (χ4n) is 3.72. The Morgan fingerprint density at radius 1 is 1.16 bits per heavy atom. The molecule has 0 bridgehead atoms. The van der Waals surface area contributed by atoms with E-state index in [4.69, 9.17) is 0 Å². The quantitative estimate of drug-likeness (QED) is 0.796. The van der Waals surface area contributed by atoms with Gasteiger partial charge in [-0.15, -0.1) is 0 Å². The number of rotatable bonds is 3. The molecule has 1 aromatic carbocycles. The van der Waals surface area contributed by atoms with Gasteiger partial charge in [-0.3, -0.25) is 14.7 Å². The van der Waals surface area contributed by atoms with Crippen molar-refractivity contribution in [3.05, 3.63) is 75.8 Å². The molecule has 1 aliphatic rings. The highest BCUT2D eigenvalue weighted by Gasteiger charge is 2.21. The van der Waals surface area contributed by atoms with E-state index >= 15 is 0 Å². The van der Waals surface area contributed by atoms with Crippen molar-refractivity contribution in [1.82, 2.24) is 14.9 Å². The van der Waals surface area contributed by atoms with Crippen LogP contribution in [0.25, 0.3) is 10.9 Å². The molecule has 0 atom stereocenters. The molecule has 4 rings (SSSR count). The lowest BCUT2D eigenvalue weighted by atomic mass is 9.90. The van der Waals surface area contributed by atoms with Gasteiger partial charge in [0.25, 0.3) is 0 Å². The molecule has 0 radical (unpaired) electrons. The number of nitrogens with zero attached hydrogens (tertiary/aromatic N) is 2. The predicted molar refractivity (Wildman–Crippen MR) is 101 cm³/mol. The monoisotopic (exact) mass is 333 g/mol. The van der Waals surface area contributed by atoms with Crippen LogP contribution in [0.3, 0.4) is 0 Å². The highest BCUT2D eigenvalue weighted by atomic mass is 16.1. The zero-order valence-electron chi connectivity index (χ0n) is 14.5. The summed E-state index contributed by atoms with van der Waals surface area (Å²) in [5.74, 6) is 0.597. The van der Waals surface area contributed by atoms with Crippen LogP contribution in [0.4, 0.5) is 0 Å². The second-order valence-electron chi connectivity index (χ2n) is 6.99. The molecule has 2 aromatic heterocycles. The Bertz CT molecular complexity index is 922. The molecule has 0 unspecified atom stereocenters. The molecule has 1 saturated heterocycles. The van der Waals surface area contributed by atoms with E-state index < -0.39 is 0 Å². The number of pyridine rings is 2. The molecule has 3 aromatic rings. The van der Waals surface area contributed by atoms with Crippen molar-refractivity contribution in [1.29, 1.82) is 0 Å². The van der Waals surface area contributed by atoms with Gasteiger partial charge in [0.15, 0.2) is 5.43 Å². The fraction of sp³-hybridized carbons (Fsp3) is 0.333. The number of para-hydroxylation sites is 1. The summed E-state index contributed by atoms with van der Waals surface area (Å²) in [4.78, 5) is 22.5. The van der Waals surface area contributed by atoms with E-state index in [1.807, 2.05) is 37.4 Å². The minimum absolute atomic E-state index is 0.102. The highest BCUT2D eigenvalue weighted by molar-refractivity contribution is 5.78. The van der Waals surface area contributed by atoms with Crippen LogP contribution in [-0.2, 0) is 6.54 Å². The van der Waals surface area contributed by atoms with E-state index in [1.165, 1.54) is 5.56 Å². The molecule has 4 nitrogen and oxygen atoms in total. The molecule has 0 aliphatic carbocycles. The average Bonchev–Trinajstić information content (AvgIpc) is 2.63. The summed E-state index contributed by atoms with van der Waals surface area (Å²) < 4.78 is 0. The predicted octanol–water partition coefficient (Wildman–Crippen LogP) is 3.61. The van der Waals surface area contributed by atoms with Gasteiger partial charge in [0.1, 0.15) is 0 Å². The highest BCUT2D eigenvalue weighted by Crippen LogP contribution is 2.28. The van der Waals surface area contributed by atoms with E-state index in [2.05, 4.69) is 27.0 Å². The van der Waals surface area contributed by atoms with Gasteiger partial charge in [0.05, 0.1) is 0 Å². The van der Waals surface area contributed by atoms with E-state index in [1.54, 1.807) is 6.07 Å². The van der Waals surface area contributed by atoms with Gasteiger partial charge >= 0.3 is 0 Å². The molecule has 0 spiro atoms. The minimum atomic E-state index is 0.102. The van der Waals surface area contributed by atoms with Crippen molar-refractivity contribution in [2.45, 2.75) is 32.2 Å². The number of aromatic amines is 1. The third kappa shape index (κ3) is 3.49. The Balaban J connectivity index is 1.43. The summed E-state index contributed by atoms with van der Waals surface area (Å²) in [7, 11) is 0. The van der Waals surface area contributed by atoms with Gasteiger partial charge in [-0.25, -0.2) is 0 Å². The molecule has 25 heavy (non-hydrogen) atoms. The third-order valence-electron chi connectivity index (χ3n) is 5.18. The van der Waals surface area contributed by atoms with Gasteiger partial charge in [0.2, 0.25) is 0 Å². The second kappa shape index (κ2) is 6.81. The molecule has 4 heteroatoms. The molecule has 3 heterocycles. The molecule has 0 amide bonds. The lowest BCUT2D eigenvalue weighted by Crippen LogP contribution is -2.33. The van der Waals surface area contributed by atoms with Crippen LogP contribution in [0.2, 0.25) is 0 Å². The largest absolute Gasteiger partial charge is 0.357 e. The number of aromatic nitrogens is 2. The first-order chi connectivity index (χ1) is 12.2. The lowest BCUT2D eigenvalue weighted by molar-refractivity contribution is 0.202. The van der Waals surface area contributed by atoms with Crippen molar-refractivity contribution in [2.24, 2.45) is 0 Å². The number of fused-ring (bicyclic) bond motifs is 1. The number of benzene rings is 1. The first-order valence-electron chi connectivity index (χ1n) is 8.95. The van der Waals surface area contributed by atoms with Crippen molar-refractivity contribution in [3.8, 4) is 0 Å². The van der Waals surface area contributed by atoms with Crippen molar-refractivity contribution in [3.63, 3.8) is 0 Å². The van der Waals surface area contributed by atoms with E-state index in [-0.39, 0.29) is 5.43 Å². The summed E-state index contributed by atoms with van der Waals surface area (Å²) in [5.41, 5.74) is 4.44. The van der Waals surface area contributed by atoms with Gasteiger partial charge in [0, 0.05) is 41.1 Å². The van der Waals surface area contributed by atoms with Gasteiger partial charge in [-0.1, -0.05) is 18.2 Å². The van der Waals surface area contributed by atoms with Crippen LogP contribution in [0.1, 0.15) is 35.7 Å². The molecular formula is C21H23N3O. The standard InChI is InChI=1S/C21H23N3O/c1-15-6-7-17(13-22-15)16-8-10-24(11-9-16)14-18-12-21(25)19-4-2-3-5-20(19)23-18/h2-7,12-13,16H,8-11,14H2,1H3,(H,23,25). The smallest absolute Gasteiger partial charge is 0.189 e. The molecule has 1 fully saturated rings. The van der Waals surface area contributed by atoms with Gasteiger partial charge < -0.3 is 4.98 Å². The summed E-state index contributed by atoms with van der Waals surface area (Å²) in [6.07, 6.45) is 4.31. The van der Waals surface area contributed by atoms with Crippen LogP contribution >= 0.6 is 0 Å². The first kappa shape index (κ1) is 16.0. The molecule has 0 saturated carbocycles. The number of nitrogens with one attached hydrogen (secondary N) is 1. The Morgan fingerprint density at radius 2 is 1.96 bits per heavy atom. The summed E-state index contributed by atoms with van der Waals surface area (Å²) in [6.45, 7) is 4.93. The van der Waals surface area contributed by atoms with Crippen molar-refractivity contribution >= 4 is 10.9 Å². The number of H-pyrrole nitrogens is 1. The normalized spacial score (nSPS) is 16.4. The van der Waals surface area contributed by atoms with E-state index in [9.17, 15) is 4.79 Å². The molecular weight excluding hydrogens is 310 g/mol. The number of hydrogen-bond donors (Lipinski definition) is 1. The average molecular weight is 333 g/mol. The van der Waals surface area contributed by atoms with Crippen molar-refractivity contribution < 1.29 is 0 Å². The second-order valence-corrected chi connectivity index (χ2v) is 6.99. The maximum Gasteiger partial charge on any atom is 0.189 e. The molecule has 1 N–H and O–H groups in total. The van der Waals surface area contributed by atoms with Crippen LogP contribution in [0, 0.1) is 6.92 Å². The summed E-state index contributed by atoms with van der Waals surface area (Å²) in [6, 6.07) is 13.8. The number of hydrogen-bond acceptors (Lipinski definition) is 3. The first-order valence-corrected chi connectivity index (χ1v) is 8.95. The van der Waals surface area contributed by atoms with E-state index in [0.29, 0.717) is 5.92 Å². The maximum atomic E-state index is 12.3. The van der Waals surface area contributed by atoms with Crippen molar-refractivity contribution in [2.75, 3.05) is 13.1 Å². The SMILES string of the molecule is Cc1ccc(C2CCN(Cc3cc(=O)c4ccccc4[nH]3)CC2)cn1. The topological polar surface area (TPSA) is 49.0 Å². The Kier molecular flexibility index (Phi) is 4.36. The Morgan fingerprint density at radius 3 is 2.72 bits per heavy atom. The maximum absolute atomic E-state index is 12.3. The molecule has 128 valence electrons. The van der Waals surface area contributed by atoms with Crippen LogP contribution < -0.4 is 5.43 Å². The summed E-state index contributed by atoms with van der Waals surface area (Å²) >= 11 is 0. The van der Waals surface area contributed by atoms with Crippen LogP contribution in [0.5, 0.6) is 0 Å². The fourth-order valence-corrected chi connectivity index (χ4v) is 3.72. The molecule has 1 aliphatic heterocycles. The Hall–Kier alpha value is -2.46. The van der Waals surface area contributed by atoms with Gasteiger partial charge in [-0.05, 0) is 62.5 Å². The zero-order chi connectivity index (χ0) is 17.2. The zero-order valence-corrected chi connectivity index (χ0v) is 14.5. The van der Waals surface area contributed by atoms with Gasteiger partial charge in [-0.2, -0.15) is 0 Å².